The van der Waals surface area contributed by atoms with E-state index in [-0.39, 0.29) is 0 Å². The fourth-order valence-electron chi connectivity index (χ4n) is 3.92. The van der Waals surface area contributed by atoms with E-state index in [2.05, 4.69) is 45.3 Å². The van der Waals surface area contributed by atoms with E-state index < -0.39 is 0 Å². The molecule has 0 amide bonds. The van der Waals surface area contributed by atoms with Crippen LogP contribution in [0.2, 0.25) is 0 Å². The topological polar surface area (TPSA) is 53.2 Å². The first-order valence-corrected chi connectivity index (χ1v) is 11.2. The monoisotopic (exact) mass is 408 g/mol. The zero-order valence-corrected chi connectivity index (χ0v) is 18.9. The molecule has 1 aliphatic rings. The van der Waals surface area contributed by atoms with Crippen LogP contribution < -0.4 is 10.1 Å². The third-order valence-corrected chi connectivity index (χ3v) is 5.78. The van der Waals surface area contributed by atoms with Gasteiger partial charge in [-0.25, -0.2) is 4.98 Å². The largest absolute Gasteiger partial charge is 0.493 e. The smallest absolute Gasteiger partial charge is 0.141 e. The number of hydrogen-bond donors (Lipinski definition) is 2. The Morgan fingerprint density at radius 3 is 2.57 bits per heavy atom. The quantitative estimate of drug-likeness (QED) is 0.550. The number of imidazole rings is 1. The number of aryl methyl sites for hydroxylation is 1. The van der Waals surface area contributed by atoms with Gasteiger partial charge >= 0.3 is 0 Å². The van der Waals surface area contributed by atoms with Gasteiger partial charge in [0, 0.05) is 31.0 Å². The second-order valence-electron chi connectivity index (χ2n) is 7.82. The fourth-order valence-corrected chi connectivity index (χ4v) is 3.92. The van der Waals surface area contributed by atoms with Crippen molar-refractivity contribution in [2.75, 3.05) is 33.3 Å². The molecule has 2 N–H and O–H groups in total. The highest BCUT2D eigenvalue weighted by atomic mass is 16.5. The van der Waals surface area contributed by atoms with E-state index in [0.717, 1.165) is 40.8 Å². The number of likely N-dealkylation sites (N-methyl/N-ethyl adjacent to an activating group) is 2. The summed E-state index contributed by atoms with van der Waals surface area (Å²) in [7, 11) is 2.02. The van der Waals surface area contributed by atoms with Crippen LogP contribution in [0.3, 0.4) is 0 Å². The zero-order chi connectivity index (χ0) is 21.3. The molecular weight excluding hydrogens is 372 g/mol. The highest BCUT2D eigenvalue weighted by molar-refractivity contribution is 5.98. The summed E-state index contributed by atoms with van der Waals surface area (Å²) in [6.07, 6.45) is 6.14. The van der Waals surface area contributed by atoms with Gasteiger partial charge in [-0.2, -0.15) is 0 Å². The standard InChI is InChI=1S/C16H16N2O.C9H20N2/c1-3-19-14-9-8-12-6-4-5-7-13(12)15(14)16-17-10-11(2)18-16;1-3-11(8-7-10-2)9-5-4-6-9/h4-10H,3H2,1-2H3,(H,17,18);9-10H,3-8H2,1-2H3. The predicted molar refractivity (Wildman–Crippen MR) is 126 cm³/mol. The first-order chi connectivity index (χ1) is 14.7. The van der Waals surface area contributed by atoms with Crippen LogP contribution in [0.4, 0.5) is 0 Å². The molecule has 0 bridgehead atoms. The van der Waals surface area contributed by atoms with Gasteiger partial charge in [-0.3, -0.25) is 4.90 Å². The minimum Gasteiger partial charge on any atom is -0.493 e. The molecule has 1 fully saturated rings. The molecular formula is C25H36N4O. The van der Waals surface area contributed by atoms with Gasteiger partial charge in [0.05, 0.1) is 12.2 Å². The number of ether oxygens (including phenoxy) is 1. The Labute approximate surface area is 180 Å². The van der Waals surface area contributed by atoms with Gasteiger partial charge in [-0.15, -0.1) is 0 Å². The Morgan fingerprint density at radius 1 is 1.17 bits per heavy atom. The van der Waals surface area contributed by atoms with E-state index in [0.29, 0.717) is 6.61 Å². The molecule has 0 radical (unpaired) electrons. The second kappa shape index (κ2) is 11.1. The maximum atomic E-state index is 5.75. The number of aromatic amines is 1. The molecule has 30 heavy (non-hydrogen) atoms. The van der Waals surface area contributed by atoms with Gasteiger partial charge in [0.25, 0.3) is 0 Å². The van der Waals surface area contributed by atoms with Crippen molar-refractivity contribution in [1.82, 2.24) is 20.2 Å². The molecule has 1 saturated carbocycles. The van der Waals surface area contributed by atoms with Crippen molar-refractivity contribution >= 4 is 10.8 Å². The van der Waals surface area contributed by atoms with Gasteiger partial charge in [0.1, 0.15) is 11.6 Å². The number of rotatable bonds is 8. The molecule has 3 aromatic rings. The Bertz CT molecular complexity index is 916. The van der Waals surface area contributed by atoms with Crippen molar-refractivity contribution < 1.29 is 4.74 Å². The number of nitrogens with zero attached hydrogens (tertiary/aromatic N) is 2. The molecule has 0 spiro atoms. The third kappa shape index (κ3) is 5.41. The van der Waals surface area contributed by atoms with Crippen LogP contribution in [0.1, 0.15) is 38.8 Å². The summed E-state index contributed by atoms with van der Waals surface area (Å²) >= 11 is 0. The average Bonchev–Trinajstić information content (AvgIpc) is 3.16. The molecule has 4 rings (SSSR count). The molecule has 5 nitrogen and oxygen atoms in total. The van der Waals surface area contributed by atoms with Gasteiger partial charge in [0.2, 0.25) is 0 Å². The number of nitrogens with one attached hydrogen (secondary N) is 2. The number of H-pyrrole nitrogens is 1. The van der Waals surface area contributed by atoms with Crippen LogP contribution in [0.25, 0.3) is 22.2 Å². The van der Waals surface area contributed by atoms with E-state index in [9.17, 15) is 0 Å². The van der Waals surface area contributed by atoms with Crippen molar-refractivity contribution in [2.45, 2.75) is 46.1 Å². The lowest BCUT2D eigenvalue weighted by molar-refractivity contribution is 0.135. The highest BCUT2D eigenvalue weighted by Crippen LogP contribution is 2.35. The zero-order valence-electron chi connectivity index (χ0n) is 18.9. The molecule has 162 valence electrons. The minimum absolute atomic E-state index is 0.644. The van der Waals surface area contributed by atoms with Crippen LogP contribution in [-0.2, 0) is 0 Å². The average molecular weight is 409 g/mol. The molecule has 1 aromatic heterocycles. The Balaban J connectivity index is 0.000000199. The van der Waals surface area contributed by atoms with Crippen molar-refractivity contribution in [1.29, 1.82) is 0 Å². The fraction of sp³-hybridized carbons (Fsp3) is 0.480. The summed E-state index contributed by atoms with van der Waals surface area (Å²) in [6.45, 7) is 10.5. The van der Waals surface area contributed by atoms with E-state index in [1.54, 1.807) is 0 Å². The van der Waals surface area contributed by atoms with Gasteiger partial charge in [-0.1, -0.05) is 43.7 Å². The summed E-state index contributed by atoms with van der Waals surface area (Å²) < 4.78 is 5.75. The van der Waals surface area contributed by atoms with E-state index in [1.807, 2.05) is 45.3 Å². The Kier molecular flexibility index (Phi) is 8.29. The summed E-state index contributed by atoms with van der Waals surface area (Å²) in [5, 5.41) is 5.54. The Hall–Kier alpha value is -2.37. The molecule has 2 aromatic carbocycles. The maximum absolute atomic E-state index is 5.75. The van der Waals surface area contributed by atoms with Crippen molar-refractivity contribution in [3.63, 3.8) is 0 Å². The van der Waals surface area contributed by atoms with Crippen LogP contribution >= 0.6 is 0 Å². The summed E-state index contributed by atoms with van der Waals surface area (Å²) in [6, 6.07) is 13.3. The summed E-state index contributed by atoms with van der Waals surface area (Å²) in [5.74, 6) is 1.73. The molecule has 0 unspecified atom stereocenters. The van der Waals surface area contributed by atoms with Crippen LogP contribution in [-0.4, -0.2) is 54.2 Å². The molecule has 0 atom stereocenters. The number of benzene rings is 2. The summed E-state index contributed by atoms with van der Waals surface area (Å²) in [5.41, 5.74) is 2.08. The van der Waals surface area contributed by atoms with Crippen LogP contribution in [0.15, 0.2) is 42.6 Å². The lowest BCUT2D eigenvalue weighted by Gasteiger charge is -2.36. The first-order valence-electron chi connectivity index (χ1n) is 11.2. The minimum atomic E-state index is 0.644. The molecule has 5 heteroatoms. The van der Waals surface area contributed by atoms with Crippen LogP contribution in [0, 0.1) is 6.92 Å². The molecule has 0 aliphatic heterocycles. The lowest BCUT2D eigenvalue weighted by Crippen LogP contribution is -2.42. The number of hydrogen-bond acceptors (Lipinski definition) is 4. The molecule has 0 saturated heterocycles. The predicted octanol–water partition coefficient (Wildman–Crippen LogP) is 5.02. The Morgan fingerprint density at radius 2 is 1.97 bits per heavy atom. The summed E-state index contributed by atoms with van der Waals surface area (Å²) in [4.78, 5) is 10.3. The normalized spacial score (nSPS) is 13.8. The van der Waals surface area contributed by atoms with Crippen molar-refractivity contribution in [2.24, 2.45) is 0 Å². The van der Waals surface area contributed by atoms with E-state index in [4.69, 9.17) is 4.74 Å². The van der Waals surface area contributed by atoms with Gasteiger partial charge in [-0.05, 0) is 57.1 Å². The van der Waals surface area contributed by atoms with E-state index >= 15 is 0 Å². The van der Waals surface area contributed by atoms with Crippen molar-refractivity contribution in [3.05, 3.63) is 48.3 Å². The van der Waals surface area contributed by atoms with Gasteiger partial charge < -0.3 is 15.0 Å². The van der Waals surface area contributed by atoms with E-state index in [1.165, 1.54) is 37.7 Å². The maximum Gasteiger partial charge on any atom is 0.141 e. The van der Waals surface area contributed by atoms with Gasteiger partial charge in [0.15, 0.2) is 0 Å². The highest BCUT2D eigenvalue weighted by Gasteiger charge is 2.22. The lowest BCUT2D eigenvalue weighted by atomic mass is 9.91. The number of aromatic nitrogens is 2. The third-order valence-electron chi connectivity index (χ3n) is 5.78. The second-order valence-corrected chi connectivity index (χ2v) is 7.82. The first kappa shape index (κ1) is 22.3. The van der Waals surface area contributed by atoms with Crippen LogP contribution in [0.5, 0.6) is 5.75 Å². The molecule has 1 heterocycles. The SMILES string of the molecule is CCN(CCNC)C1CCC1.CCOc1ccc2ccccc2c1-c1ncc(C)[nH]1. The van der Waals surface area contributed by atoms with Crippen molar-refractivity contribution in [3.8, 4) is 17.1 Å². The molecule has 1 aliphatic carbocycles. The number of fused-ring (bicyclic) bond motifs is 1.